The van der Waals surface area contributed by atoms with Crippen LogP contribution in [-0.4, -0.2) is 34.1 Å². The standard InChI is InChI=1S/C24H28N4O2/c25-22(30)12-6-1-7-17-13-15-28(16-14-17)24-18-8-2-4-10-20(18)26-23(27-24)19-9-3-5-11-21(19)29/h2-5,8-11,17,29H,1,6-7,12-16H2,(H2,25,30). The van der Waals surface area contributed by atoms with Crippen LogP contribution in [0.15, 0.2) is 48.5 Å². The summed E-state index contributed by atoms with van der Waals surface area (Å²) in [4.78, 5) is 22.8. The topological polar surface area (TPSA) is 92.3 Å². The van der Waals surface area contributed by atoms with Crippen molar-refractivity contribution in [2.24, 2.45) is 11.7 Å². The van der Waals surface area contributed by atoms with E-state index in [4.69, 9.17) is 15.7 Å². The lowest BCUT2D eigenvalue weighted by Gasteiger charge is -2.33. The number of para-hydroxylation sites is 2. The third-order valence-corrected chi connectivity index (χ3v) is 5.93. The molecular weight excluding hydrogens is 376 g/mol. The first-order valence-electron chi connectivity index (χ1n) is 10.7. The molecule has 1 aromatic heterocycles. The summed E-state index contributed by atoms with van der Waals surface area (Å²) in [5.74, 6) is 2.15. The van der Waals surface area contributed by atoms with Gasteiger partial charge in [-0.3, -0.25) is 4.79 Å². The SMILES string of the molecule is NC(=O)CCCCC1CCN(c2nc(-c3ccccc3O)nc3ccccc23)CC1. The lowest BCUT2D eigenvalue weighted by Crippen LogP contribution is -2.34. The average Bonchev–Trinajstić information content (AvgIpc) is 2.77. The van der Waals surface area contributed by atoms with E-state index >= 15 is 0 Å². The van der Waals surface area contributed by atoms with Crippen molar-refractivity contribution in [2.75, 3.05) is 18.0 Å². The van der Waals surface area contributed by atoms with Gasteiger partial charge in [-0.25, -0.2) is 9.97 Å². The van der Waals surface area contributed by atoms with Crippen molar-refractivity contribution in [1.82, 2.24) is 9.97 Å². The third-order valence-electron chi connectivity index (χ3n) is 5.93. The number of amides is 1. The van der Waals surface area contributed by atoms with Crippen LogP contribution in [0.2, 0.25) is 0 Å². The fraction of sp³-hybridized carbons (Fsp3) is 0.375. The van der Waals surface area contributed by atoms with Gasteiger partial charge in [0.05, 0.1) is 11.1 Å². The van der Waals surface area contributed by atoms with Crippen LogP contribution in [0.1, 0.15) is 38.5 Å². The summed E-state index contributed by atoms with van der Waals surface area (Å²) in [6.45, 7) is 1.89. The van der Waals surface area contributed by atoms with Crippen molar-refractivity contribution in [2.45, 2.75) is 38.5 Å². The first kappa shape index (κ1) is 20.1. The predicted octanol–water partition coefficient (Wildman–Crippen LogP) is 4.26. The number of anilines is 1. The van der Waals surface area contributed by atoms with E-state index < -0.39 is 0 Å². The third kappa shape index (κ3) is 4.53. The van der Waals surface area contributed by atoms with E-state index in [1.54, 1.807) is 12.1 Å². The van der Waals surface area contributed by atoms with Crippen LogP contribution in [0.4, 0.5) is 5.82 Å². The second-order valence-corrected chi connectivity index (χ2v) is 8.05. The molecule has 4 rings (SSSR count). The van der Waals surface area contributed by atoms with Crippen molar-refractivity contribution in [3.8, 4) is 17.1 Å². The summed E-state index contributed by atoms with van der Waals surface area (Å²) >= 11 is 0. The number of unbranched alkanes of at least 4 members (excludes halogenated alkanes) is 1. The number of nitrogens with two attached hydrogens (primary N) is 1. The number of rotatable bonds is 7. The molecular formula is C24H28N4O2. The number of carbonyl (C=O) groups excluding carboxylic acids is 1. The Bertz CT molecular complexity index is 1030. The van der Waals surface area contributed by atoms with Gasteiger partial charge in [0, 0.05) is 24.9 Å². The van der Waals surface area contributed by atoms with Crippen molar-refractivity contribution >= 4 is 22.6 Å². The summed E-state index contributed by atoms with van der Waals surface area (Å²) in [7, 11) is 0. The van der Waals surface area contributed by atoms with Gasteiger partial charge in [-0.05, 0) is 49.4 Å². The largest absolute Gasteiger partial charge is 0.507 e. The maximum Gasteiger partial charge on any atom is 0.217 e. The van der Waals surface area contributed by atoms with Gasteiger partial charge in [0.2, 0.25) is 5.91 Å². The molecule has 1 aliphatic heterocycles. The highest BCUT2D eigenvalue weighted by atomic mass is 16.3. The number of phenolic OH excluding ortho intramolecular Hbond substituents is 1. The van der Waals surface area contributed by atoms with Gasteiger partial charge in [0.15, 0.2) is 5.82 Å². The molecule has 30 heavy (non-hydrogen) atoms. The van der Waals surface area contributed by atoms with Crippen LogP contribution in [0.25, 0.3) is 22.3 Å². The molecule has 1 fully saturated rings. The van der Waals surface area contributed by atoms with Crippen molar-refractivity contribution in [3.63, 3.8) is 0 Å². The number of aromatic nitrogens is 2. The van der Waals surface area contributed by atoms with Gasteiger partial charge in [0.25, 0.3) is 0 Å². The Morgan fingerprint density at radius 2 is 1.77 bits per heavy atom. The fourth-order valence-corrected chi connectivity index (χ4v) is 4.25. The van der Waals surface area contributed by atoms with Gasteiger partial charge >= 0.3 is 0 Å². The number of fused-ring (bicyclic) bond motifs is 1. The molecule has 3 aromatic rings. The Morgan fingerprint density at radius 1 is 1.03 bits per heavy atom. The minimum atomic E-state index is -0.208. The molecule has 0 radical (unpaired) electrons. The number of piperidine rings is 1. The highest BCUT2D eigenvalue weighted by molar-refractivity contribution is 5.91. The van der Waals surface area contributed by atoms with Gasteiger partial charge in [0.1, 0.15) is 11.6 Å². The highest BCUT2D eigenvalue weighted by Gasteiger charge is 2.23. The maximum atomic E-state index is 10.9. The number of primary amides is 1. The Balaban J connectivity index is 1.53. The molecule has 6 heteroatoms. The van der Waals surface area contributed by atoms with Crippen LogP contribution in [-0.2, 0) is 4.79 Å². The number of carbonyl (C=O) groups is 1. The lowest BCUT2D eigenvalue weighted by molar-refractivity contribution is -0.118. The quantitative estimate of drug-likeness (QED) is 0.574. The smallest absolute Gasteiger partial charge is 0.217 e. The molecule has 0 spiro atoms. The highest BCUT2D eigenvalue weighted by Crippen LogP contribution is 2.33. The Morgan fingerprint density at radius 3 is 2.53 bits per heavy atom. The van der Waals surface area contributed by atoms with E-state index in [-0.39, 0.29) is 11.7 Å². The Hall–Kier alpha value is -3.15. The molecule has 0 unspecified atom stereocenters. The van der Waals surface area contributed by atoms with E-state index in [2.05, 4.69) is 11.0 Å². The van der Waals surface area contributed by atoms with E-state index in [0.717, 1.165) is 61.9 Å². The zero-order valence-electron chi connectivity index (χ0n) is 17.1. The van der Waals surface area contributed by atoms with Crippen LogP contribution >= 0.6 is 0 Å². The second-order valence-electron chi connectivity index (χ2n) is 8.05. The van der Waals surface area contributed by atoms with Crippen molar-refractivity contribution in [3.05, 3.63) is 48.5 Å². The molecule has 6 nitrogen and oxygen atoms in total. The van der Waals surface area contributed by atoms with Gasteiger partial charge < -0.3 is 15.7 Å². The second kappa shape index (κ2) is 9.11. The molecule has 0 saturated carbocycles. The van der Waals surface area contributed by atoms with Gasteiger partial charge in [-0.2, -0.15) is 0 Å². The molecule has 1 aliphatic rings. The average molecular weight is 405 g/mol. The van der Waals surface area contributed by atoms with Crippen molar-refractivity contribution < 1.29 is 9.90 Å². The maximum absolute atomic E-state index is 10.9. The molecule has 0 atom stereocenters. The number of aromatic hydroxyl groups is 1. The van der Waals surface area contributed by atoms with Crippen molar-refractivity contribution in [1.29, 1.82) is 0 Å². The van der Waals surface area contributed by atoms with Gasteiger partial charge in [-0.15, -0.1) is 0 Å². The summed E-state index contributed by atoms with van der Waals surface area (Å²) < 4.78 is 0. The predicted molar refractivity (Wildman–Crippen MR) is 119 cm³/mol. The molecule has 2 heterocycles. The lowest BCUT2D eigenvalue weighted by atomic mass is 9.91. The van der Waals surface area contributed by atoms with E-state index in [1.807, 2.05) is 30.3 Å². The first-order chi connectivity index (χ1) is 14.6. The zero-order chi connectivity index (χ0) is 20.9. The molecule has 3 N–H and O–H groups in total. The van der Waals surface area contributed by atoms with E-state index in [1.165, 1.54) is 0 Å². The summed E-state index contributed by atoms with van der Waals surface area (Å²) in [6, 6.07) is 15.3. The molecule has 1 saturated heterocycles. The molecule has 1 amide bonds. The summed E-state index contributed by atoms with van der Waals surface area (Å²) in [6.07, 6.45) is 5.80. The Kier molecular flexibility index (Phi) is 6.12. The van der Waals surface area contributed by atoms with Gasteiger partial charge in [-0.1, -0.05) is 37.1 Å². The van der Waals surface area contributed by atoms with Crippen LogP contribution in [0.3, 0.4) is 0 Å². The molecule has 0 aliphatic carbocycles. The van der Waals surface area contributed by atoms with E-state index in [0.29, 0.717) is 23.7 Å². The number of benzene rings is 2. The van der Waals surface area contributed by atoms with Crippen LogP contribution in [0.5, 0.6) is 5.75 Å². The molecule has 156 valence electrons. The van der Waals surface area contributed by atoms with E-state index in [9.17, 15) is 9.90 Å². The first-order valence-corrected chi connectivity index (χ1v) is 10.7. The minimum Gasteiger partial charge on any atom is -0.507 e. The Labute approximate surface area is 176 Å². The zero-order valence-corrected chi connectivity index (χ0v) is 17.1. The summed E-state index contributed by atoms with van der Waals surface area (Å²) in [5, 5.41) is 11.3. The number of phenols is 1. The molecule has 2 aromatic carbocycles. The normalized spacial score (nSPS) is 14.9. The minimum absolute atomic E-state index is 0.188. The number of hydrogen-bond donors (Lipinski definition) is 2. The van der Waals surface area contributed by atoms with Crippen LogP contribution < -0.4 is 10.6 Å². The van der Waals surface area contributed by atoms with Crippen LogP contribution in [0, 0.1) is 5.92 Å². The molecule has 0 bridgehead atoms. The summed E-state index contributed by atoms with van der Waals surface area (Å²) in [5.41, 5.74) is 6.76. The fourth-order valence-electron chi connectivity index (χ4n) is 4.25. The monoisotopic (exact) mass is 404 g/mol. The number of nitrogens with zero attached hydrogens (tertiary/aromatic N) is 3. The number of hydrogen-bond acceptors (Lipinski definition) is 5.